The number of nitrogens with one attached hydrogen (secondary N) is 1. The number of aryl methyl sites for hydroxylation is 1. The van der Waals surface area contributed by atoms with E-state index < -0.39 is 0 Å². The SMILES string of the molecule is C=C(CC)CC(NCCC)C1CCc2ccccc21. The lowest BCUT2D eigenvalue weighted by molar-refractivity contribution is 0.422. The highest BCUT2D eigenvalue weighted by Crippen LogP contribution is 2.37. The Morgan fingerprint density at radius 1 is 1.37 bits per heavy atom. The van der Waals surface area contributed by atoms with Gasteiger partial charge in [0.05, 0.1) is 0 Å². The lowest BCUT2D eigenvalue weighted by atomic mass is 9.88. The summed E-state index contributed by atoms with van der Waals surface area (Å²) in [5.41, 5.74) is 4.50. The number of rotatable bonds is 7. The monoisotopic (exact) mass is 257 g/mol. The minimum Gasteiger partial charge on any atom is -0.313 e. The van der Waals surface area contributed by atoms with Crippen LogP contribution in [0, 0.1) is 0 Å². The lowest BCUT2D eigenvalue weighted by Gasteiger charge is -2.26. The first kappa shape index (κ1) is 14.3. The first-order chi connectivity index (χ1) is 9.26. The molecule has 2 rings (SSSR count). The molecule has 104 valence electrons. The second-order valence-corrected chi connectivity index (χ2v) is 5.71. The summed E-state index contributed by atoms with van der Waals surface area (Å²) < 4.78 is 0. The van der Waals surface area contributed by atoms with Crippen molar-refractivity contribution in [3.63, 3.8) is 0 Å². The molecule has 0 saturated heterocycles. The first-order valence-electron chi connectivity index (χ1n) is 7.74. The molecule has 2 atom stereocenters. The summed E-state index contributed by atoms with van der Waals surface area (Å²) >= 11 is 0. The van der Waals surface area contributed by atoms with Crippen LogP contribution in [0.4, 0.5) is 0 Å². The van der Waals surface area contributed by atoms with Crippen LogP contribution in [0.1, 0.15) is 56.6 Å². The third-order valence-electron chi connectivity index (χ3n) is 4.33. The van der Waals surface area contributed by atoms with Gasteiger partial charge >= 0.3 is 0 Å². The average molecular weight is 257 g/mol. The van der Waals surface area contributed by atoms with E-state index in [4.69, 9.17) is 0 Å². The van der Waals surface area contributed by atoms with Crippen molar-refractivity contribution in [2.24, 2.45) is 0 Å². The summed E-state index contributed by atoms with van der Waals surface area (Å²) in [4.78, 5) is 0. The maximum absolute atomic E-state index is 4.21. The Balaban J connectivity index is 2.12. The standard InChI is InChI=1S/C18H27N/c1-4-12-19-18(13-14(3)5-2)17-11-10-15-8-6-7-9-16(15)17/h6-9,17-19H,3-5,10-13H2,1-2H3. The third kappa shape index (κ3) is 3.48. The fourth-order valence-corrected chi connectivity index (χ4v) is 3.15. The second kappa shape index (κ2) is 6.91. The maximum Gasteiger partial charge on any atom is 0.0173 e. The van der Waals surface area contributed by atoms with Gasteiger partial charge in [-0.25, -0.2) is 0 Å². The highest BCUT2D eigenvalue weighted by Gasteiger charge is 2.29. The Kier molecular flexibility index (Phi) is 5.21. The molecule has 0 aliphatic heterocycles. The van der Waals surface area contributed by atoms with E-state index in [9.17, 15) is 0 Å². The van der Waals surface area contributed by atoms with Crippen molar-refractivity contribution in [3.05, 3.63) is 47.5 Å². The first-order valence-corrected chi connectivity index (χ1v) is 7.74. The zero-order valence-electron chi connectivity index (χ0n) is 12.4. The molecular weight excluding hydrogens is 230 g/mol. The van der Waals surface area contributed by atoms with E-state index in [1.165, 1.54) is 24.8 Å². The van der Waals surface area contributed by atoms with Gasteiger partial charge in [0.2, 0.25) is 0 Å². The molecule has 1 N–H and O–H groups in total. The molecule has 1 nitrogen and oxygen atoms in total. The van der Waals surface area contributed by atoms with Crippen LogP contribution in [-0.2, 0) is 6.42 Å². The zero-order chi connectivity index (χ0) is 13.7. The van der Waals surface area contributed by atoms with Gasteiger partial charge in [0.1, 0.15) is 0 Å². The summed E-state index contributed by atoms with van der Waals surface area (Å²) in [6.45, 7) is 9.77. The number of hydrogen-bond donors (Lipinski definition) is 1. The predicted molar refractivity (Wildman–Crippen MR) is 83.6 cm³/mol. The van der Waals surface area contributed by atoms with Crippen LogP contribution in [0.5, 0.6) is 0 Å². The molecule has 2 unspecified atom stereocenters. The van der Waals surface area contributed by atoms with Crippen molar-refractivity contribution >= 4 is 0 Å². The molecule has 0 fully saturated rings. The molecule has 0 spiro atoms. The second-order valence-electron chi connectivity index (χ2n) is 5.71. The van der Waals surface area contributed by atoms with Gasteiger partial charge in [0.25, 0.3) is 0 Å². The van der Waals surface area contributed by atoms with Crippen molar-refractivity contribution in [2.45, 2.75) is 57.9 Å². The highest BCUT2D eigenvalue weighted by molar-refractivity contribution is 5.36. The minimum absolute atomic E-state index is 0.566. The van der Waals surface area contributed by atoms with Crippen molar-refractivity contribution in [1.29, 1.82) is 0 Å². The van der Waals surface area contributed by atoms with Crippen LogP contribution in [0.25, 0.3) is 0 Å². The van der Waals surface area contributed by atoms with Gasteiger partial charge in [0, 0.05) is 12.0 Å². The van der Waals surface area contributed by atoms with Crippen LogP contribution in [0.15, 0.2) is 36.4 Å². The Morgan fingerprint density at radius 2 is 2.16 bits per heavy atom. The fourth-order valence-electron chi connectivity index (χ4n) is 3.15. The highest BCUT2D eigenvalue weighted by atomic mass is 14.9. The van der Waals surface area contributed by atoms with Gasteiger partial charge in [-0.2, -0.15) is 0 Å². The summed E-state index contributed by atoms with van der Waals surface area (Å²) in [6, 6.07) is 9.53. The summed E-state index contributed by atoms with van der Waals surface area (Å²) in [6.07, 6.45) is 5.94. The van der Waals surface area contributed by atoms with Crippen LogP contribution < -0.4 is 5.32 Å². The Hall–Kier alpha value is -1.08. The fraction of sp³-hybridized carbons (Fsp3) is 0.556. The van der Waals surface area contributed by atoms with Gasteiger partial charge in [0.15, 0.2) is 0 Å². The zero-order valence-corrected chi connectivity index (χ0v) is 12.4. The predicted octanol–water partition coefficient (Wildman–Crippen LogP) is 4.44. The molecule has 1 aliphatic rings. The maximum atomic E-state index is 4.21. The van der Waals surface area contributed by atoms with E-state index >= 15 is 0 Å². The molecule has 0 radical (unpaired) electrons. The van der Waals surface area contributed by atoms with Gasteiger partial charge in [-0.05, 0) is 49.8 Å². The number of benzene rings is 1. The van der Waals surface area contributed by atoms with Crippen molar-refractivity contribution in [1.82, 2.24) is 5.32 Å². The Morgan fingerprint density at radius 3 is 2.89 bits per heavy atom. The van der Waals surface area contributed by atoms with Gasteiger partial charge < -0.3 is 5.32 Å². The smallest absolute Gasteiger partial charge is 0.0173 e. The summed E-state index contributed by atoms with van der Waals surface area (Å²) in [5.74, 6) is 0.672. The molecule has 0 heterocycles. The quantitative estimate of drug-likeness (QED) is 0.712. The van der Waals surface area contributed by atoms with Crippen LogP contribution in [-0.4, -0.2) is 12.6 Å². The molecule has 1 heteroatoms. The van der Waals surface area contributed by atoms with E-state index in [0.717, 1.165) is 19.4 Å². The number of hydrogen-bond acceptors (Lipinski definition) is 1. The third-order valence-corrected chi connectivity index (χ3v) is 4.33. The van der Waals surface area contributed by atoms with E-state index in [2.05, 4.69) is 50.0 Å². The summed E-state index contributed by atoms with van der Waals surface area (Å²) in [7, 11) is 0. The van der Waals surface area contributed by atoms with Crippen LogP contribution >= 0.6 is 0 Å². The van der Waals surface area contributed by atoms with Gasteiger partial charge in [-0.3, -0.25) is 0 Å². The molecule has 0 bridgehead atoms. The molecule has 0 aromatic heterocycles. The minimum atomic E-state index is 0.566. The van der Waals surface area contributed by atoms with E-state index in [1.54, 1.807) is 11.1 Å². The molecule has 0 saturated carbocycles. The lowest BCUT2D eigenvalue weighted by Crippen LogP contribution is -2.35. The Bertz CT molecular complexity index is 421. The summed E-state index contributed by atoms with van der Waals surface area (Å²) in [5, 5.41) is 3.76. The molecule has 1 aromatic carbocycles. The largest absolute Gasteiger partial charge is 0.313 e. The van der Waals surface area contributed by atoms with E-state index in [1.807, 2.05) is 0 Å². The van der Waals surface area contributed by atoms with Gasteiger partial charge in [-0.15, -0.1) is 0 Å². The van der Waals surface area contributed by atoms with Crippen molar-refractivity contribution in [3.8, 4) is 0 Å². The molecule has 1 aliphatic carbocycles. The van der Waals surface area contributed by atoms with Crippen molar-refractivity contribution < 1.29 is 0 Å². The van der Waals surface area contributed by atoms with Gasteiger partial charge in [-0.1, -0.05) is 50.3 Å². The molecule has 19 heavy (non-hydrogen) atoms. The number of fused-ring (bicyclic) bond motifs is 1. The molecule has 0 amide bonds. The van der Waals surface area contributed by atoms with Crippen LogP contribution in [0.2, 0.25) is 0 Å². The van der Waals surface area contributed by atoms with Crippen molar-refractivity contribution in [2.75, 3.05) is 6.54 Å². The van der Waals surface area contributed by atoms with E-state index in [0.29, 0.717) is 12.0 Å². The topological polar surface area (TPSA) is 12.0 Å². The normalized spacial score (nSPS) is 19.2. The Labute approximate surface area is 118 Å². The molecular formula is C18H27N. The molecule has 1 aromatic rings. The average Bonchev–Trinajstić information content (AvgIpc) is 2.87. The van der Waals surface area contributed by atoms with E-state index in [-0.39, 0.29) is 0 Å². The van der Waals surface area contributed by atoms with Crippen LogP contribution in [0.3, 0.4) is 0 Å².